The Labute approximate surface area is 122 Å². The first-order valence-electron chi connectivity index (χ1n) is 6.34. The van der Waals surface area contributed by atoms with Crippen LogP contribution in [0.15, 0.2) is 4.79 Å². The lowest BCUT2D eigenvalue weighted by molar-refractivity contribution is -0.0501. The fourth-order valence-electron chi connectivity index (χ4n) is 2.44. The van der Waals surface area contributed by atoms with Gasteiger partial charge in [0.15, 0.2) is 17.4 Å². The Morgan fingerprint density at radius 3 is 2.68 bits per heavy atom. The standard InChI is InChI=1S/C10H15N7O5/c11-9-14-6-3(7(21)15-9)13-10(16-12)17(6)8-5(20)4(19)2(1-18)22-8/h2,4-5,8,18-20H,1,12H2,(H,13,16)(H3,11,14,15,21). The molecule has 3 rings (SSSR count). The summed E-state index contributed by atoms with van der Waals surface area (Å²) in [5, 5.41) is 29.1. The van der Waals surface area contributed by atoms with Gasteiger partial charge in [-0.3, -0.25) is 19.8 Å². The molecular weight excluding hydrogens is 298 g/mol. The minimum Gasteiger partial charge on any atom is -0.394 e. The van der Waals surface area contributed by atoms with Gasteiger partial charge in [-0.15, -0.1) is 0 Å². The maximum Gasteiger partial charge on any atom is 0.280 e. The highest BCUT2D eigenvalue weighted by molar-refractivity contribution is 5.74. The van der Waals surface area contributed by atoms with Crippen molar-refractivity contribution in [3.8, 4) is 0 Å². The zero-order valence-electron chi connectivity index (χ0n) is 11.2. The van der Waals surface area contributed by atoms with Gasteiger partial charge in [-0.05, 0) is 0 Å². The highest BCUT2D eigenvalue weighted by atomic mass is 16.6. The van der Waals surface area contributed by atoms with E-state index in [0.717, 1.165) is 0 Å². The molecule has 4 atom stereocenters. The molecule has 12 heteroatoms. The van der Waals surface area contributed by atoms with Crippen LogP contribution in [-0.2, 0) is 4.74 Å². The lowest BCUT2D eigenvalue weighted by Crippen LogP contribution is -2.33. The van der Waals surface area contributed by atoms with E-state index in [4.69, 9.17) is 21.4 Å². The number of aliphatic hydroxyl groups is 3. The molecule has 0 saturated carbocycles. The van der Waals surface area contributed by atoms with Crippen LogP contribution in [0.3, 0.4) is 0 Å². The Hall–Kier alpha value is -2.25. The number of aromatic nitrogens is 4. The predicted molar refractivity (Wildman–Crippen MR) is 73.4 cm³/mol. The smallest absolute Gasteiger partial charge is 0.280 e. The Kier molecular flexibility index (Phi) is 3.46. The number of nitrogens with zero attached hydrogens (tertiary/aromatic N) is 3. The second-order valence-electron chi connectivity index (χ2n) is 4.80. The molecular formula is C10H15N7O5. The van der Waals surface area contributed by atoms with E-state index in [2.05, 4.69) is 20.4 Å². The summed E-state index contributed by atoms with van der Waals surface area (Å²) in [7, 11) is 0. The van der Waals surface area contributed by atoms with Crippen LogP contribution in [0.5, 0.6) is 0 Å². The van der Waals surface area contributed by atoms with Gasteiger partial charge in [-0.25, -0.2) is 10.8 Å². The number of aromatic amines is 1. The average molecular weight is 313 g/mol. The number of anilines is 2. The minimum atomic E-state index is -1.39. The molecule has 1 aliphatic heterocycles. The lowest BCUT2D eigenvalue weighted by atomic mass is 10.1. The molecule has 120 valence electrons. The van der Waals surface area contributed by atoms with Crippen molar-refractivity contribution in [2.24, 2.45) is 5.84 Å². The largest absolute Gasteiger partial charge is 0.394 e. The van der Waals surface area contributed by atoms with Gasteiger partial charge in [0.25, 0.3) is 5.56 Å². The molecule has 1 saturated heterocycles. The highest BCUT2D eigenvalue weighted by Gasteiger charge is 2.45. The van der Waals surface area contributed by atoms with Gasteiger partial charge in [0.2, 0.25) is 11.9 Å². The number of hydrogen-bond acceptors (Lipinski definition) is 10. The number of rotatable bonds is 3. The normalized spacial score (nSPS) is 28.4. The SMILES string of the molecule is NNc1nc2c(=O)[nH]c(N)nc2n1C1OC(CO)C(O)C1O. The van der Waals surface area contributed by atoms with Crippen molar-refractivity contribution in [3.05, 3.63) is 10.4 Å². The first-order chi connectivity index (χ1) is 10.5. The molecule has 2 aromatic rings. The molecule has 0 radical (unpaired) electrons. The van der Waals surface area contributed by atoms with E-state index < -0.39 is 36.7 Å². The van der Waals surface area contributed by atoms with Crippen LogP contribution in [0.4, 0.5) is 11.9 Å². The molecule has 1 aliphatic rings. The summed E-state index contributed by atoms with van der Waals surface area (Å²) in [4.78, 5) is 22.0. The number of nitrogens with two attached hydrogens (primary N) is 2. The maximum atomic E-state index is 11.8. The van der Waals surface area contributed by atoms with Crippen molar-refractivity contribution in [2.45, 2.75) is 24.5 Å². The first-order valence-corrected chi connectivity index (χ1v) is 6.34. The molecule has 0 aliphatic carbocycles. The highest BCUT2D eigenvalue weighted by Crippen LogP contribution is 2.33. The van der Waals surface area contributed by atoms with Crippen molar-refractivity contribution in [1.82, 2.24) is 19.5 Å². The van der Waals surface area contributed by atoms with Crippen molar-refractivity contribution in [2.75, 3.05) is 17.8 Å². The molecule has 0 bridgehead atoms. The van der Waals surface area contributed by atoms with Crippen LogP contribution in [0.25, 0.3) is 11.2 Å². The molecule has 2 aromatic heterocycles. The van der Waals surface area contributed by atoms with Gasteiger partial charge in [0.05, 0.1) is 6.61 Å². The minimum absolute atomic E-state index is 0.0176. The number of hydrogen-bond donors (Lipinski definition) is 7. The molecule has 12 nitrogen and oxygen atoms in total. The molecule has 4 unspecified atom stereocenters. The number of fused-ring (bicyclic) bond motifs is 1. The van der Waals surface area contributed by atoms with Gasteiger partial charge < -0.3 is 25.8 Å². The van der Waals surface area contributed by atoms with Crippen molar-refractivity contribution in [1.29, 1.82) is 0 Å². The number of aliphatic hydroxyl groups excluding tert-OH is 3. The van der Waals surface area contributed by atoms with Gasteiger partial charge in [-0.1, -0.05) is 0 Å². The number of H-pyrrole nitrogens is 1. The fourth-order valence-corrected chi connectivity index (χ4v) is 2.44. The van der Waals surface area contributed by atoms with Crippen molar-refractivity contribution in [3.63, 3.8) is 0 Å². The second kappa shape index (κ2) is 5.19. The van der Waals surface area contributed by atoms with E-state index in [1.807, 2.05) is 0 Å². The summed E-state index contributed by atoms with van der Waals surface area (Å²) in [6.07, 6.45) is -4.86. The average Bonchev–Trinajstić information content (AvgIpc) is 2.98. The van der Waals surface area contributed by atoms with E-state index in [1.54, 1.807) is 0 Å². The molecule has 9 N–H and O–H groups in total. The lowest BCUT2D eigenvalue weighted by Gasteiger charge is -2.18. The number of ether oxygens (including phenoxy) is 1. The third kappa shape index (κ3) is 2.01. The van der Waals surface area contributed by atoms with Gasteiger partial charge >= 0.3 is 0 Å². The van der Waals surface area contributed by atoms with Crippen molar-refractivity contribution < 1.29 is 20.1 Å². The Balaban J connectivity index is 2.20. The summed E-state index contributed by atoms with van der Waals surface area (Å²) in [5.41, 5.74) is 7.12. The fraction of sp³-hybridized carbons (Fsp3) is 0.500. The van der Waals surface area contributed by atoms with E-state index in [0.29, 0.717) is 0 Å². The van der Waals surface area contributed by atoms with Crippen LogP contribution in [0, 0.1) is 0 Å². The summed E-state index contributed by atoms with van der Waals surface area (Å²) in [5.74, 6) is 5.19. The summed E-state index contributed by atoms with van der Waals surface area (Å²) < 4.78 is 6.59. The molecule has 22 heavy (non-hydrogen) atoms. The van der Waals surface area contributed by atoms with Gasteiger partial charge in [-0.2, -0.15) is 4.98 Å². The second-order valence-corrected chi connectivity index (χ2v) is 4.80. The van der Waals surface area contributed by atoms with Gasteiger partial charge in [0.1, 0.15) is 18.3 Å². The van der Waals surface area contributed by atoms with Gasteiger partial charge in [0, 0.05) is 0 Å². The van der Waals surface area contributed by atoms with Crippen LogP contribution < -0.4 is 22.6 Å². The zero-order chi connectivity index (χ0) is 16.0. The zero-order valence-corrected chi connectivity index (χ0v) is 11.2. The predicted octanol–water partition coefficient (Wildman–Crippen LogP) is -3.40. The number of nitrogens with one attached hydrogen (secondary N) is 2. The molecule has 3 heterocycles. The molecule has 1 fully saturated rings. The third-order valence-corrected chi connectivity index (χ3v) is 3.47. The molecule has 0 amide bonds. The number of hydrazine groups is 1. The summed E-state index contributed by atoms with van der Waals surface area (Å²) in [6.45, 7) is -0.497. The molecule has 0 spiro atoms. The van der Waals surface area contributed by atoms with E-state index in [9.17, 15) is 15.0 Å². The quantitative estimate of drug-likeness (QED) is 0.221. The van der Waals surface area contributed by atoms with E-state index >= 15 is 0 Å². The van der Waals surface area contributed by atoms with Crippen LogP contribution in [-0.4, -0.2) is 59.8 Å². The van der Waals surface area contributed by atoms with E-state index in [-0.39, 0.29) is 23.1 Å². The summed E-state index contributed by atoms with van der Waals surface area (Å²) in [6, 6.07) is 0. The number of nitrogen functional groups attached to an aromatic ring is 2. The molecule has 0 aromatic carbocycles. The Bertz CT molecular complexity index is 758. The summed E-state index contributed by atoms with van der Waals surface area (Å²) >= 11 is 0. The maximum absolute atomic E-state index is 11.8. The van der Waals surface area contributed by atoms with E-state index in [1.165, 1.54) is 4.57 Å². The van der Waals surface area contributed by atoms with Crippen LogP contribution >= 0.6 is 0 Å². The van der Waals surface area contributed by atoms with Crippen molar-refractivity contribution >= 4 is 23.1 Å². The Morgan fingerprint density at radius 1 is 1.36 bits per heavy atom. The third-order valence-electron chi connectivity index (χ3n) is 3.47. The first kappa shape index (κ1) is 14.7. The number of imidazole rings is 1. The monoisotopic (exact) mass is 313 g/mol. The topological polar surface area (TPSA) is 198 Å². The Morgan fingerprint density at radius 2 is 2.09 bits per heavy atom. The van der Waals surface area contributed by atoms with Crippen LogP contribution in [0.2, 0.25) is 0 Å². The van der Waals surface area contributed by atoms with Crippen LogP contribution in [0.1, 0.15) is 6.23 Å².